The zero-order chi connectivity index (χ0) is 19.7. The molecule has 0 radical (unpaired) electrons. The molecule has 1 aromatic heterocycles. The summed E-state index contributed by atoms with van der Waals surface area (Å²) in [4.78, 5) is 16.0. The third kappa shape index (κ3) is 3.58. The molecule has 1 aliphatic rings. The first-order valence-electron chi connectivity index (χ1n) is 8.82. The van der Waals surface area contributed by atoms with Crippen molar-refractivity contribution in [1.82, 2.24) is 15.1 Å². The molecule has 1 aliphatic heterocycles. The molecule has 8 heteroatoms. The molecule has 5 nitrogen and oxygen atoms in total. The molecule has 1 saturated heterocycles. The molecular weight excluding hydrogens is 369 g/mol. The third-order valence-electron chi connectivity index (χ3n) is 4.77. The fraction of sp³-hybridized carbons (Fsp3) is 0.200. The number of aromatic nitrogens is 2. The van der Waals surface area contributed by atoms with Crippen LogP contribution in [-0.4, -0.2) is 47.2 Å². The summed E-state index contributed by atoms with van der Waals surface area (Å²) < 4.78 is 39.9. The summed E-state index contributed by atoms with van der Waals surface area (Å²) in [6.07, 6.45) is 0. The van der Waals surface area contributed by atoms with Crippen molar-refractivity contribution in [2.45, 2.75) is 0 Å². The molecule has 0 aliphatic carbocycles. The van der Waals surface area contributed by atoms with Gasteiger partial charge in [0.25, 0.3) is 5.91 Å². The number of hydrogen-bond acceptors (Lipinski definition) is 3. The number of nitrogens with one attached hydrogen (secondary N) is 1. The quantitative estimate of drug-likeness (QED) is 0.750. The first kappa shape index (κ1) is 18.1. The molecule has 0 spiro atoms. The van der Waals surface area contributed by atoms with Crippen molar-refractivity contribution >= 4 is 11.7 Å². The minimum atomic E-state index is -0.858. The van der Waals surface area contributed by atoms with Gasteiger partial charge in [-0.25, -0.2) is 13.2 Å². The highest BCUT2D eigenvalue weighted by atomic mass is 19.1. The Morgan fingerprint density at radius 1 is 0.893 bits per heavy atom. The number of hydrogen-bond donors (Lipinski definition) is 1. The average Bonchev–Trinajstić information content (AvgIpc) is 3.18. The number of amides is 1. The van der Waals surface area contributed by atoms with E-state index in [1.54, 1.807) is 17.0 Å². The molecule has 0 atom stereocenters. The van der Waals surface area contributed by atoms with Crippen molar-refractivity contribution in [2.24, 2.45) is 0 Å². The Morgan fingerprint density at radius 2 is 1.57 bits per heavy atom. The van der Waals surface area contributed by atoms with Gasteiger partial charge in [0.15, 0.2) is 5.82 Å². The van der Waals surface area contributed by atoms with Crippen molar-refractivity contribution in [3.8, 4) is 11.3 Å². The van der Waals surface area contributed by atoms with Gasteiger partial charge in [-0.3, -0.25) is 9.89 Å². The van der Waals surface area contributed by atoms with E-state index in [0.29, 0.717) is 32.2 Å². The fourth-order valence-corrected chi connectivity index (χ4v) is 3.22. The minimum absolute atomic E-state index is 0.131. The highest BCUT2D eigenvalue weighted by Gasteiger charge is 2.25. The maximum absolute atomic E-state index is 13.9. The molecule has 2 aromatic carbocycles. The lowest BCUT2D eigenvalue weighted by atomic mass is 10.1. The molecule has 1 fully saturated rings. The van der Waals surface area contributed by atoms with Gasteiger partial charge in [0.05, 0.1) is 11.3 Å². The zero-order valence-corrected chi connectivity index (χ0v) is 14.8. The normalized spacial score (nSPS) is 14.4. The van der Waals surface area contributed by atoms with Crippen LogP contribution < -0.4 is 4.90 Å². The Morgan fingerprint density at radius 3 is 2.25 bits per heavy atom. The highest BCUT2D eigenvalue weighted by Crippen LogP contribution is 2.23. The lowest BCUT2D eigenvalue weighted by Gasteiger charge is -2.34. The molecule has 0 unspecified atom stereocenters. The van der Waals surface area contributed by atoms with E-state index in [1.165, 1.54) is 18.2 Å². The summed E-state index contributed by atoms with van der Waals surface area (Å²) in [5.41, 5.74) is 1.45. The third-order valence-corrected chi connectivity index (χ3v) is 4.77. The van der Waals surface area contributed by atoms with Crippen molar-refractivity contribution < 1.29 is 18.0 Å². The molecule has 0 bridgehead atoms. The SMILES string of the molecule is O=C(c1ccc(F)cc1F)N1CCN(c2cc(-c3ccc(F)cc3)[nH]n2)CC1. The van der Waals surface area contributed by atoms with E-state index in [0.717, 1.165) is 23.1 Å². The molecule has 28 heavy (non-hydrogen) atoms. The first-order valence-corrected chi connectivity index (χ1v) is 8.82. The van der Waals surface area contributed by atoms with Gasteiger partial charge >= 0.3 is 0 Å². The van der Waals surface area contributed by atoms with Crippen LogP contribution in [0.2, 0.25) is 0 Å². The number of carbonyl (C=O) groups is 1. The van der Waals surface area contributed by atoms with Gasteiger partial charge in [-0.15, -0.1) is 0 Å². The van der Waals surface area contributed by atoms with Crippen molar-refractivity contribution in [3.05, 3.63) is 71.5 Å². The average molecular weight is 386 g/mol. The van der Waals surface area contributed by atoms with Crippen LogP contribution >= 0.6 is 0 Å². The second kappa shape index (κ2) is 7.38. The van der Waals surface area contributed by atoms with Crippen LogP contribution in [0.1, 0.15) is 10.4 Å². The second-order valence-corrected chi connectivity index (χ2v) is 6.55. The molecule has 0 saturated carbocycles. The number of rotatable bonds is 3. The van der Waals surface area contributed by atoms with Crippen LogP contribution in [-0.2, 0) is 0 Å². The van der Waals surface area contributed by atoms with Crippen LogP contribution in [0.25, 0.3) is 11.3 Å². The molecule has 1 N–H and O–H groups in total. The molecule has 4 rings (SSSR count). The van der Waals surface area contributed by atoms with E-state index in [1.807, 2.05) is 11.0 Å². The Bertz CT molecular complexity index is 995. The summed E-state index contributed by atoms with van der Waals surface area (Å²) in [6.45, 7) is 1.85. The van der Waals surface area contributed by atoms with Crippen molar-refractivity contribution in [2.75, 3.05) is 31.1 Å². The van der Waals surface area contributed by atoms with Gasteiger partial charge in [0, 0.05) is 38.3 Å². The summed E-state index contributed by atoms with van der Waals surface area (Å²) in [7, 11) is 0. The maximum atomic E-state index is 13.9. The largest absolute Gasteiger partial charge is 0.352 e. The van der Waals surface area contributed by atoms with Crippen LogP contribution in [0, 0.1) is 17.5 Å². The monoisotopic (exact) mass is 386 g/mol. The van der Waals surface area contributed by atoms with E-state index >= 15 is 0 Å². The number of halogens is 3. The molecular formula is C20H17F3N4O. The van der Waals surface area contributed by atoms with Gasteiger partial charge in [-0.2, -0.15) is 5.10 Å². The summed E-state index contributed by atoms with van der Waals surface area (Å²) in [5, 5.41) is 7.22. The number of nitrogens with zero attached hydrogens (tertiary/aromatic N) is 3. The van der Waals surface area contributed by atoms with E-state index < -0.39 is 17.5 Å². The maximum Gasteiger partial charge on any atom is 0.256 e. The molecule has 2 heterocycles. The number of H-pyrrole nitrogens is 1. The lowest BCUT2D eigenvalue weighted by Crippen LogP contribution is -2.49. The molecule has 3 aromatic rings. The van der Waals surface area contributed by atoms with E-state index in [-0.39, 0.29) is 11.4 Å². The van der Waals surface area contributed by atoms with E-state index in [4.69, 9.17) is 0 Å². The van der Waals surface area contributed by atoms with Gasteiger partial charge in [-0.1, -0.05) is 0 Å². The summed E-state index contributed by atoms with van der Waals surface area (Å²) in [6, 6.07) is 10.9. The molecule has 144 valence electrons. The predicted octanol–water partition coefficient (Wildman–Crippen LogP) is 3.46. The van der Waals surface area contributed by atoms with Crippen LogP contribution in [0.5, 0.6) is 0 Å². The number of benzene rings is 2. The summed E-state index contributed by atoms with van der Waals surface area (Å²) >= 11 is 0. The first-order chi connectivity index (χ1) is 13.5. The molecule has 1 amide bonds. The van der Waals surface area contributed by atoms with Gasteiger partial charge in [0.2, 0.25) is 0 Å². The van der Waals surface area contributed by atoms with Gasteiger partial charge in [0.1, 0.15) is 17.5 Å². The minimum Gasteiger partial charge on any atom is -0.352 e. The number of anilines is 1. The van der Waals surface area contributed by atoms with Gasteiger partial charge < -0.3 is 9.80 Å². The Hall–Kier alpha value is -3.29. The van der Waals surface area contributed by atoms with E-state index in [9.17, 15) is 18.0 Å². The number of aromatic amines is 1. The lowest BCUT2D eigenvalue weighted by molar-refractivity contribution is 0.0741. The van der Waals surface area contributed by atoms with Crippen LogP contribution in [0.3, 0.4) is 0 Å². The second-order valence-electron chi connectivity index (χ2n) is 6.55. The smallest absolute Gasteiger partial charge is 0.256 e. The van der Waals surface area contributed by atoms with Crippen molar-refractivity contribution in [3.63, 3.8) is 0 Å². The van der Waals surface area contributed by atoms with Crippen LogP contribution in [0.4, 0.5) is 19.0 Å². The Labute approximate surface area is 159 Å². The zero-order valence-electron chi connectivity index (χ0n) is 14.8. The standard InChI is InChI=1S/C20H17F3N4O/c21-14-3-1-13(2-4-14)18-12-19(25-24-18)26-7-9-27(10-8-26)20(28)16-6-5-15(22)11-17(16)23/h1-6,11-12H,7-10H2,(H,24,25). The van der Waals surface area contributed by atoms with E-state index in [2.05, 4.69) is 10.2 Å². The Kier molecular flexibility index (Phi) is 4.77. The van der Waals surface area contributed by atoms with Crippen molar-refractivity contribution in [1.29, 1.82) is 0 Å². The number of piperazine rings is 1. The summed E-state index contributed by atoms with van der Waals surface area (Å²) in [5.74, 6) is -1.61. The van der Waals surface area contributed by atoms with Gasteiger partial charge in [-0.05, 0) is 42.0 Å². The topological polar surface area (TPSA) is 52.2 Å². The predicted molar refractivity (Wildman–Crippen MR) is 98.5 cm³/mol. The highest BCUT2D eigenvalue weighted by molar-refractivity contribution is 5.94. The Balaban J connectivity index is 1.41. The fourth-order valence-electron chi connectivity index (χ4n) is 3.22. The van der Waals surface area contributed by atoms with Crippen LogP contribution in [0.15, 0.2) is 48.5 Å². The number of carbonyl (C=O) groups excluding carboxylic acids is 1.